The van der Waals surface area contributed by atoms with Crippen LogP contribution >= 0.6 is 0 Å². The van der Waals surface area contributed by atoms with Crippen LogP contribution in [-0.4, -0.2) is 34.1 Å². The second kappa shape index (κ2) is 6.91. The number of hydrogen-bond acceptors (Lipinski definition) is 5. The molecule has 0 radical (unpaired) electrons. The van der Waals surface area contributed by atoms with Gasteiger partial charge in [-0.25, -0.2) is 10.2 Å². The van der Waals surface area contributed by atoms with E-state index in [4.69, 9.17) is 11.6 Å². The average Bonchev–Trinajstić information content (AvgIpc) is 3.14. The number of carbonyl (C=O) groups is 1. The van der Waals surface area contributed by atoms with Crippen molar-refractivity contribution in [3.05, 3.63) is 58.8 Å². The van der Waals surface area contributed by atoms with Crippen LogP contribution in [0.5, 0.6) is 0 Å². The zero-order chi connectivity index (χ0) is 19.8. The highest BCUT2D eigenvalue weighted by Crippen LogP contribution is 2.33. The summed E-state index contributed by atoms with van der Waals surface area (Å²) in [7, 11) is 0. The van der Waals surface area contributed by atoms with Gasteiger partial charge in [-0.1, -0.05) is 6.07 Å². The Kier molecular flexibility index (Phi) is 4.79. The van der Waals surface area contributed by atoms with Gasteiger partial charge >= 0.3 is 6.18 Å². The minimum absolute atomic E-state index is 0.0916. The number of rotatable bonds is 3. The topological polar surface area (TPSA) is 104 Å². The van der Waals surface area contributed by atoms with E-state index in [1.165, 1.54) is 16.1 Å². The Labute approximate surface area is 151 Å². The summed E-state index contributed by atoms with van der Waals surface area (Å²) >= 11 is 0. The van der Waals surface area contributed by atoms with Crippen LogP contribution < -0.4 is 16.6 Å². The summed E-state index contributed by atoms with van der Waals surface area (Å²) in [6.45, 7) is 0.0259. The van der Waals surface area contributed by atoms with Crippen LogP contribution in [0.3, 0.4) is 0 Å². The number of H-pyrrole nitrogens is 1. The van der Waals surface area contributed by atoms with Crippen LogP contribution in [0.4, 0.5) is 23.4 Å². The summed E-state index contributed by atoms with van der Waals surface area (Å²) in [6, 6.07) is 4.22. The molecule has 11 heteroatoms. The van der Waals surface area contributed by atoms with Crippen molar-refractivity contribution in [3.8, 4) is 0 Å². The molecule has 3 rings (SSSR count). The lowest BCUT2D eigenvalue weighted by Gasteiger charge is -2.32. The summed E-state index contributed by atoms with van der Waals surface area (Å²) in [4.78, 5) is 13.7. The van der Waals surface area contributed by atoms with E-state index in [9.17, 15) is 22.4 Å². The second-order valence-corrected chi connectivity index (χ2v) is 5.93. The number of nitrogens with one attached hydrogen (secondary N) is 1. The SMILES string of the molecule is NC1=C(N(N)c2ccn[nH]2)CCN(C(=O)c2cccc(C(F)(F)F)c2F)C1. The van der Waals surface area contributed by atoms with Gasteiger partial charge in [-0.2, -0.15) is 18.3 Å². The summed E-state index contributed by atoms with van der Waals surface area (Å²) < 4.78 is 52.8. The van der Waals surface area contributed by atoms with E-state index < -0.39 is 29.0 Å². The molecule has 1 aliphatic rings. The Morgan fingerprint density at radius 2 is 2.04 bits per heavy atom. The monoisotopic (exact) mass is 384 g/mol. The predicted octanol–water partition coefficient (Wildman–Crippen LogP) is 1.96. The molecule has 1 aromatic heterocycles. The van der Waals surface area contributed by atoms with E-state index in [2.05, 4.69) is 10.2 Å². The molecule has 2 heterocycles. The van der Waals surface area contributed by atoms with Gasteiger partial charge in [-0.05, 0) is 12.1 Å². The van der Waals surface area contributed by atoms with Crippen molar-refractivity contribution in [1.29, 1.82) is 0 Å². The van der Waals surface area contributed by atoms with E-state index in [0.29, 0.717) is 17.6 Å². The summed E-state index contributed by atoms with van der Waals surface area (Å²) in [5.41, 5.74) is 4.63. The molecule has 0 aliphatic carbocycles. The molecule has 0 spiro atoms. The number of hydrogen-bond donors (Lipinski definition) is 3. The van der Waals surface area contributed by atoms with Crippen molar-refractivity contribution in [1.82, 2.24) is 15.1 Å². The maximum absolute atomic E-state index is 14.2. The van der Waals surface area contributed by atoms with E-state index in [-0.39, 0.29) is 25.2 Å². The molecule has 0 bridgehead atoms. The highest BCUT2D eigenvalue weighted by molar-refractivity contribution is 5.95. The molecule has 5 N–H and O–H groups in total. The summed E-state index contributed by atoms with van der Waals surface area (Å²) in [5.74, 6) is 3.98. The number of halogens is 4. The van der Waals surface area contributed by atoms with Crippen molar-refractivity contribution < 1.29 is 22.4 Å². The molecule has 1 amide bonds. The zero-order valence-electron chi connectivity index (χ0n) is 13.9. The number of hydrazine groups is 1. The van der Waals surface area contributed by atoms with Gasteiger partial charge in [-0.15, -0.1) is 0 Å². The molecule has 27 heavy (non-hydrogen) atoms. The lowest BCUT2D eigenvalue weighted by molar-refractivity contribution is -0.140. The first-order valence-electron chi connectivity index (χ1n) is 7.87. The van der Waals surface area contributed by atoms with Gasteiger partial charge in [0, 0.05) is 24.7 Å². The van der Waals surface area contributed by atoms with Crippen LogP contribution in [-0.2, 0) is 6.18 Å². The number of amides is 1. The molecule has 144 valence electrons. The van der Waals surface area contributed by atoms with E-state index in [1.54, 1.807) is 6.07 Å². The molecule has 1 aromatic carbocycles. The maximum Gasteiger partial charge on any atom is 0.419 e. The molecule has 0 unspecified atom stereocenters. The van der Waals surface area contributed by atoms with Crippen LogP contribution in [0, 0.1) is 5.82 Å². The summed E-state index contributed by atoms with van der Waals surface area (Å²) in [5, 5.41) is 7.73. The first-order chi connectivity index (χ1) is 12.7. The number of aromatic amines is 1. The van der Waals surface area contributed by atoms with Crippen molar-refractivity contribution in [2.45, 2.75) is 12.6 Å². The van der Waals surface area contributed by atoms with Gasteiger partial charge in [0.25, 0.3) is 5.91 Å². The van der Waals surface area contributed by atoms with E-state index >= 15 is 0 Å². The van der Waals surface area contributed by atoms with Crippen molar-refractivity contribution in [3.63, 3.8) is 0 Å². The Balaban J connectivity index is 1.83. The normalized spacial score (nSPS) is 15.2. The van der Waals surface area contributed by atoms with Crippen LogP contribution in [0.25, 0.3) is 0 Å². The largest absolute Gasteiger partial charge is 0.419 e. The summed E-state index contributed by atoms with van der Waals surface area (Å²) in [6.07, 6.45) is -3.15. The van der Waals surface area contributed by atoms with Gasteiger partial charge in [0.15, 0.2) is 0 Å². The number of nitrogens with zero attached hydrogens (tertiary/aromatic N) is 3. The van der Waals surface area contributed by atoms with Gasteiger partial charge in [0.05, 0.1) is 29.6 Å². The lowest BCUT2D eigenvalue weighted by atomic mass is 10.1. The van der Waals surface area contributed by atoms with Gasteiger partial charge in [0.1, 0.15) is 11.6 Å². The minimum atomic E-state index is -4.89. The van der Waals surface area contributed by atoms with E-state index in [1.807, 2.05) is 0 Å². The van der Waals surface area contributed by atoms with Gasteiger partial charge < -0.3 is 10.6 Å². The standard InChI is InChI=1S/C16H16F4N6O/c17-14-9(2-1-3-10(14)16(18,19)20)15(27)25-7-5-12(11(21)8-25)26(22)13-4-6-23-24-13/h1-4,6H,5,7-8,21-22H2,(H,23,24). The number of aromatic nitrogens is 2. The van der Waals surface area contributed by atoms with Crippen molar-refractivity contribution >= 4 is 11.7 Å². The van der Waals surface area contributed by atoms with Crippen molar-refractivity contribution in [2.24, 2.45) is 11.6 Å². The molecular weight excluding hydrogens is 368 g/mol. The molecule has 0 fully saturated rings. The molecule has 2 aromatic rings. The molecular formula is C16H16F4N6O. The number of nitrogens with two attached hydrogens (primary N) is 2. The number of anilines is 1. The smallest absolute Gasteiger partial charge is 0.399 e. The highest BCUT2D eigenvalue weighted by Gasteiger charge is 2.36. The van der Waals surface area contributed by atoms with E-state index in [0.717, 1.165) is 12.1 Å². The fourth-order valence-corrected chi connectivity index (χ4v) is 2.84. The first-order valence-corrected chi connectivity index (χ1v) is 7.87. The minimum Gasteiger partial charge on any atom is -0.399 e. The Morgan fingerprint density at radius 3 is 2.63 bits per heavy atom. The third-order valence-electron chi connectivity index (χ3n) is 4.21. The molecule has 0 atom stereocenters. The van der Waals surface area contributed by atoms with Crippen LogP contribution in [0.2, 0.25) is 0 Å². The molecule has 1 aliphatic heterocycles. The Hall–Kier alpha value is -3.08. The first kappa shape index (κ1) is 18.7. The average molecular weight is 384 g/mol. The molecule has 0 saturated carbocycles. The lowest BCUT2D eigenvalue weighted by Crippen LogP contribution is -2.44. The number of carbonyl (C=O) groups excluding carboxylic acids is 1. The molecule has 0 saturated heterocycles. The Morgan fingerprint density at radius 1 is 1.30 bits per heavy atom. The third-order valence-corrected chi connectivity index (χ3v) is 4.21. The fraction of sp³-hybridized carbons (Fsp3) is 0.250. The quantitative estimate of drug-likeness (QED) is 0.426. The van der Waals surface area contributed by atoms with Gasteiger partial charge in [-0.3, -0.25) is 14.9 Å². The second-order valence-electron chi connectivity index (χ2n) is 5.93. The van der Waals surface area contributed by atoms with Crippen LogP contribution in [0.15, 0.2) is 41.9 Å². The zero-order valence-corrected chi connectivity index (χ0v) is 13.9. The predicted molar refractivity (Wildman–Crippen MR) is 88.4 cm³/mol. The van der Waals surface area contributed by atoms with Gasteiger partial charge in [0.2, 0.25) is 0 Å². The van der Waals surface area contributed by atoms with Crippen LogP contribution in [0.1, 0.15) is 22.3 Å². The van der Waals surface area contributed by atoms with Crippen molar-refractivity contribution in [2.75, 3.05) is 18.1 Å². The third kappa shape index (κ3) is 3.58. The Bertz CT molecular complexity index is 878. The molecule has 7 nitrogen and oxygen atoms in total. The fourth-order valence-electron chi connectivity index (χ4n) is 2.84. The number of alkyl halides is 3. The highest BCUT2D eigenvalue weighted by atomic mass is 19.4. The number of benzene rings is 1. The maximum atomic E-state index is 14.2.